The van der Waals surface area contributed by atoms with Crippen molar-refractivity contribution >= 4 is 23.7 Å². The second-order valence-corrected chi connectivity index (χ2v) is 6.40. The van der Waals surface area contributed by atoms with Gasteiger partial charge in [-0.2, -0.15) is 10.5 Å². The summed E-state index contributed by atoms with van der Waals surface area (Å²) in [4.78, 5) is 25.1. The predicted octanol–water partition coefficient (Wildman–Crippen LogP) is 5.27. The smallest absolute Gasteiger partial charge is 0.203 e. The second-order valence-electron chi connectivity index (χ2n) is 6.40. The van der Waals surface area contributed by atoms with Crippen LogP contribution in [0.3, 0.4) is 0 Å². The predicted molar refractivity (Wildman–Crippen MR) is 115 cm³/mol. The van der Waals surface area contributed by atoms with Gasteiger partial charge in [-0.3, -0.25) is 9.59 Å². The van der Waals surface area contributed by atoms with E-state index in [9.17, 15) is 20.1 Å². The molecular weight excluding hydrogens is 372 g/mol. The molecule has 0 N–H and O–H groups in total. The van der Waals surface area contributed by atoms with Crippen LogP contribution in [0.2, 0.25) is 0 Å². The van der Waals surface area contributed by atoms with Gasteiger partial charge in [0.05, 0.1) is 0 Å². The molecule has 30 heavy (non-hydrogen) atoms. The van der Waals surface area contributed by atoms with Crippen molar-refractivity contribution in [2.24, 2.45) is 0 Å². The number of Topliss-reactive ketones (excluding diaryl/α,β-unsaturated/α-hetero) is 2. The standard InChI is InChI=1S/C26H16N2O2/c27-17-23(25(29)21-10-3-1-4-11-21)15-19-8-7-9-20(14-19)16-24(18-28)26(30)22-12-5-2-6-13-22/h1-16H. The molecule has 0 aliphatic carbocycles. The molecule has 0 saturated carbocycles. The number of hydrogen-bond donors (Lipinski definition) is 0. The van der Waals surface area contributed by atoms with E-state index in [-0.39, 0.29) is 22.7 Å². The van der Waals surface area contributed by atoms with Crippen LogP contribution >= 0.6 is 0 Å². The van der Waals surface area contributed by atoms with Crippen molar-refractivity contribution < 1.29 is 9.59 Å². The first-order chi connectivity index (χ1) is 14.6. The summed E-state index contributed by atoms with van der Waals surface area (Å²) in [6.07, 6.45) is 3.00. The molecule has 0 saturated heterocycles. The van der Waals surface area contributed by atoms with E-state index in [1.165, 1.54) is 12.2 Å². The summed E-state index contributed by atoms with van der Waals surface area (Å²) in [5.41, 5.74) is 2.11. The van der Waals surface area contributed by atoms with Crippen LogP contribution in [0.15, 0.2) is 96.1 Å². The Morgan fingerprint density at radius 2 is 1.00 bits per heavy atom. The molecule has 0 bridgehead atoms. The third-order valence-corrected chi connectivity index (χ3v) is 4.33. The number of carbonyl (C=O) groups excluding carboxylic acids is 2. The lowest BCUT2D eigenvalue weighted by molar-refractivity contribution is 0.103. The van der Waals surface area contributed by atoms with Crippen LogP contribution in [0.1, 0.15) is 31.8 Å². The first-order valence-corrected chi connectivity index (χ1v) is 9.15. The number of nitrogens with zero attached hydrogens (tertiary/aromatic N) is 2. The van der Waals surface area contributed by atoms with Crippen molar-refractivity contribution in [1.29, 1.82) is 10.5 Å². The highest BCUT2D eigenvalue weighted by atomic mass is 16.1. The fourth-order valence-corrected chi connectivity index (χ4v) is 2.86. The summed E-state index contributed by atoms with van der Waals surface area (Å²) < 4.78 is 0. The molecule has 0 radical (unpaired) electrons. The quantitative estimate of drug-likeness (QED) is 0.327. The highest BCUT2D eigenvalue weighted by molar-refractivity contribution is 6.14. The van der Waals surface area contributed by atoms with E-state index in [0.29, 0.717) is 22.3 Å². The largest absolute Gasteiger partial charge is 0.288 e. The van der Waals surface area contributed by atoms with E-state index in [1.54, 1.807) is 84.9 Å². The zero-order valence-electron chi connectivity index (χ0n) is 15.9. The molecule has 0 spiro atoms. The molecule has 4 nitrogen and oxygen atoms in total. The molecule has 3 aromatic carbocycles. The SMILES string of the molecule is N#CC(=Cc1cccc(C=C(C#N)C(=O)c2ccccc2)c1)C(=O)c1ccccc1. The minimum absolute atomic E-state index is 0.00296. The van der Waals surface area contributed by atoms with E-state index >= 15 is 0 Å². The fourth-order valence-electron chi connectivity index (χ4n) is 2.86. The Labute approximate surface area is 174 Å². The maximum atomic E-state index is 12.5. The number of rotatable bonds is 6. The van der Waals surface area contributed by atoms with Crippen LogP contribution in [-0.4, -0.2) is 11.6 Å². The van der Waals surface area contributed by atoms with Crippen LogP contribution in [0.25, 0.3) is 12.2 Å². The van der Waals surface area contributed by atoms with E-state index < -0.39 is 0 Å². The molecule has 3 rings (SSSR count). The van der Waals surface area contributed by atoms with Gasteiger partial charge in [0.2, 0.25) is 11.6 Å². The molecule has 142 valence electrons. The third kappa shape index (κ3) is 4.84. The third-order valence-electron chi connectivity index (χ3n) is 4.33. The molecule has 3 aromatic rings. The topological polar surface area (TPSA) is 81.7 Å². The van der Waals surface area contributed by atoms with Gasteiger partial charge in [0.15, 0.2) is 0 Å². The molecular formula is C26H16N2O2. The molecule has 4 heteroatoms. The van der Waals surface area contributed by atoms with Crippen LogP contribution in [0, 0.1) is 22.7 Å². The molecule has 0 aromatic heterocycles. The first kappa shape index (κ1) is 20.2. The summed E-state index contributed by atoms with van der Waals surface area (Å²) in [6, 6.07) is 28.0. The average Bonchev–Trinajstić information content (AvgIpc) is 2.81. The summed E-state index contributed by atoms with van der Waals surface area (Å²) in [7, 11) is 0. The normalized spacial score (nSPS) is 11.3. The lowest BCUT2D eigenvalue weighted by Gasteiger charge is -2.02. The lowest BCUT2D eigenvalue weighted by Crippen LogP contribution is -2.02. The van der Waals surface area contributed by atoms with Gasteiger partial charge in [-0.1, -0.05) is 78.9 Å². The Balaban J connectivity index is 1.92. The molecule has 0 unspecified atom stereocenters. The monoisotopic (exact) mass is 388 g/mol. The van der Waals surface area contributed by atoms with Crippen molar-refractivity contribution in [2.75, 3.05) is 0 Å². The Morgan fingerprint density at radius 3 is 1.37 bits per heavy atom. The second kappa shape index (κ2) is 9.59. The molecule has 0 fully saturated rings. The Morgan fingerprint density at radius 1 is 0.600 bits per heavy atom. The lowest BCUT2D eigenvalue weighted by atomic mass is 9.99. The summed E-state index contributed by atoms with van der Waals surface area (Å²) >= 11 is 0. The van der Waals surface area contributed by atoms with Crippen LogP contribution in [0.4, 0.5) is 0 Å². The maximum Gasteiger partial charge on any atom is 0.203 e. The van der Waals surface area contributed by atoms with E-state index in [0.717, 1.165) is 0 Å². The highest BCUT2D eigenvalue weighted by Crippen LogP contribution is 2.17. The van der Waals surface area contributed by atoms with Crippen molar-refractivity contribution in [3.05, 3.63) is 118 Å². The van der Waals surface area contributed by atoms with Crippen molar-refractivity contribution in [3.63, 3.8) is 0 Å². The van der Waals surface area contributed by atoms with E-state index in [4.69, 9.17) is 0 Å². The molecule has 0 atom stereocenters. The van der Waals surface area contributed by atoms with Crippen molar-refractivity contribution in [1.82, 2.24) is 0 Å². The van der Waals surface area contributed by atoms with E-state index in [2.05, 4.69) is 0 Å². The summed E-state index contributed by atoms with van der Waals surface area (Å²) in [5, 5.41) is 18.9. The molecule has 0 amide bonds. The molecule has 0 heterocycles. The van der Waals surface area contributed by atoms with Gasteiger partial charge < -0.3 is 0 Å². The summed E-state index contributed by atoms with van der Waals surface area (Å²) in [6.45, 7) is 0. The van der Waals surface area contributed by atoms with E-state index in [1.807, 2.05) is 12.1 Å². The fraction of sp³-hybridized carbons (Fsp3) is 0. The van der Waals surface area contributed by atoms with Gasteiger partial charge in [0.25, 0.3) is 0 Å². The minimum Gasteiger partial charge on any atom is -0.288 e. The zero-order valence-corrected chi connectivity index (χ0v) is 15.9. The first-order valence-electron chi connectivity index (χ1n) is 9.15. The Hall–Kier alpha value is -4.54. The number of carbonyl (C=O) groups is 2. The van der Waals surface area contributed by atoms with Gasteiger partial charge in [-0.05, 0) is 29.3 Å². The zero-order chi connectivity index (χ0) is 21.3. The molecule has 0 aliphatic heterocycles. The summed E-state index contributed by atoms with van der Waals surface area (Å²) in [5.74, 6) is -0.730. The van der Waals surface area contributed by atoms with Gasteiger partial charge in [-0.15, -0.1) is 0 Å². The van der Waals surface area contributed by atoms with Crippen LogP contribution in [-0.2, 0) is 0 Å². The van der Waals surface area contributed by atoms with Gasteiger partial charge in [-0.25, -0.2) is 0 Å². The van der Waals surface area contributed by atoms with Crippen molar-refractivity contribution in [3.8, 4) is 12.1 Å². The number of nitriles is 2. The van der Waals surface area contributed by atoms with Gasteiger partial charge in [0.1, 0.15) is 23.3 Å². The number of ketones is 2. The van der Waals surface area contributed by atoms with Crippen molar-refractivity contribution in [2.45, 2.75) is 0 Å². The number of benzene rings is 3. The van der Waals surface area contributed by atoms with Crippen LogP contribution < -0.4 is 0 Å². The minimum atomic E-state index is -0.365. The Bertz CT molecular complexity index is 1130. The van der Waals surface area contributed by atoms with Gasteiger partial charge in [0, 0.05) is 11.1 Å². The average molecular weight is 388 g/mol. The number of hydrogen-bond acceptors (Lipinski definition) is 4. The number of allylic oxidation sites excluding steroid dienone is 2. The maximum absolute atomic E-state index is 12.5. The molecule has 0 aliphatic rings. The van der Waals surface area contributed by atoms with Crippen LogP contribution in [0.5, 0.6) is 0 Å². The highest BCUT2D eigenvalue weighted by Gasteiger charge is 2.13. The van der Waals surface area contributed by atoms with Gasteiger partial charge >= 0.3 is 0 Å². The Kier molecular flexibility index (Phi) is 6.46.